The summed E-state index contributed by atoms with van der Waals surface area (Å²) in [6, 6.07) is 9.81. The number of carbonyl (C=O) groups is 1. The number of rotatable bonds is 3. The van der Waals surface area contributed by atoms with Crippen LogP contribution < -0.4 is 5.32 Å². The van der Waals surface area contributed by atoms with E-state index in [4.69, 9.17) is 0 Å². The van der Waals surface area contributed by atoms with Crippen LogP contribution in [0.25, 0.3) is 5.69 Å². The largest absolute Gasteiger partial charge is 0.319 e. The van der Waals surface area contributed by atoms with E-state index in [1.54, 1.807) is 35.3 Å². The van der Waals surface area contributed by atoms with Gasteiger partial charge in [0.25, 0.3) is 5.91 Å². The molecular weight excluding hydrogens is 307 g/mol. The number of aromatic nitrogens is 2. The van der Waals surface area contributed by atoms with Crippen molar-refractivity contribution < 1.29 is 18.0 Å². The molecule has 0 aliphatic heterocycles. The highest BCUT2D eigenvalue weighted by Gasteiger charge is 2.16. The zero-order chi connectivity index (χ0) is 16.4. The molecule has 116 valence electrons. The molecule has 3 rings (SSSR count). The van der Waals surface area contributed by atoms with Crippen LogP contribution in [0, 0.1) is 17.5 Å². The fraction of sp³-hybridized carbons (Fsp3) is 0. The summed E-state index contributed by atoms with van der Waals surface area (Å²) in [5.74, 6) is -5.02. The molecule has 0 atom stereocenters. The van der Waals surface area contributed by atoms with Gasteiger partial charge in [-0.1, -0.05) is 0 Å². The summed E-state index contributed by atoms with van der Waals surface area (Å²) in [5, 5.41) is 6.25. The van der Waals surface area contributed by atoms with Crippen LogP contribution in [0.1, 0.15) is 10.4 Å². The lowest BCUT2D eigenvalue weighted by Gasteiger charge is -2.08. The monoisotopic (exact) mass is 317 g/mol. The molecule has 0 saturated heterocycles. The van der Waals surface area contributed by atoms with Crippen LogP contribution in [0.3, 0.4) is 0 Å². The van der Waals surface area contributed by atoms with E-state index in [9.17, 15) is 18.0 Å². The maximum absolute atomic E-state index is 13.5. The minimum absolute atomic E-state index is 0.241. The molecule has 4 nitrogen and oxygen atoms in total. The van der Waals surface area contributed by atoms with Gasteiger partial charge in [0.15, 0.2) is 17.5 Å². The van der Waals surface area contributed by atoms with Crippen LogP contribution >= 0.6 is 0 Å². The number of halogens is 3. The topological polar surface area (TPSA) is 46.9 Å². The molecular formula is C16H10F3N3O. The van der Waals surface area contributed by atoms with E-state index in [1.165, 1.54) is 12.1 Å². The summed E-state index contributed by atoms with van der Waals surface area (Å²) in [6.07, 6.45) is 3.36. The lowest BCUT2D eigenvalue weighted by molar-refractivity contribution is 0.102. The maximum atomic E-state index is 13.5. The van der Waals surface area contributed by atoms with Gasteiger partial charge in [-0.05, 0) is 42.5 Å². The van der Waals surface area contributed by atoms with Gasteiger partial charge < -0.3 is 5.32 Å². The number of anilines is 1. The van der Waals surface area contributed by atoms with Gasteiger partial charge in [0.05, 0.1) is 11.4 Å². The van der Waals surface area contributed by atoms with Crippen LogP contribution in [-0.4, -0.2) is 15.7 Å². The van der Waals surface area contributed by atoms with Crippen LogP contribution in [0.5, 0.6) is 0 Å². The lowest BCUT2D eigenvalue weighted by Crippen LogP contribution is -2.14. The molecule has 1 heterocycles. The third-order valence-electron chi connectivity index (χ3n) is 3.18. The molecule has 2 aromatic carbocycles. The molecule has 0 fully saturated rings. The van der Waals surface area contributed by atoms with Crippen molar-refractivity contribution in [2.45, 2.75) is 0 Å². The number of hydrogen-bond donors (Lipinski definition) is 1. The van der Waals surface area contributed by atoms with E-state index in [-0.39, 0.29) is 5.56 Å². The molecule has 0 unspecified atom stereocenters. The first kappa shape index (κ1) is 14.8. The van der Waals surface area contributed by atoms with Gasteiger partial charge in [-0.2, -0.15) is 5.10 Å². The third kappa shape index (κ3) is 2.94. The molecule has 0 saturated carbocycles. The second-order valence-corrected chi connectivity index (χ2v) is 4.67. The van der Waals surface area contributed by atoms with E-state index >= 15 is 0 Å². The van der Waals surface area contributed by atoms with Crippen molar-refractivity contribution in [1.29, 1.82) is 0 Å². The molecule has 0 aliphatic rings. The van der Waals surface area contributed by atoms with Crippen molar-refractivity contribution in [2.75, 3.05) is 5.32 Å². The van der Waals surface area contributed by atoms with Crippen molar-refractivity contribution in [3.63, 3.8) is 0 Å². The minimum Gasteiger partial charge on any atom is -0.319 e. The van der Waals surface area contributed by atoms with Crippen LogP contribution in [0.15, 0.2) is 54.9 Å². The Morgan fingerprint density at radius 3 is 2.39 bits per heavy atom. The second-order valence-electron chi connectivity index (χ2n) is 4.67. The normalized spacial score (nSPS) is 10.6. The second kappa shape index (κ2) is 5.96. The summed E-state index contributed by atoms with van der Waals surface area (Å²) in [6.45, 7) is 0. The molecule has 0 aliphatic carbocycles. The summed E-state index contributed by atoms with van der Waals surface area (Å²) < 4.78 is 41.2. The number of hydrogen-bond acceptors (Lipinski definition) is 2. The summed E-state index contributed by atoms with van der Waals surface area (Å²) in [7, 11) is 0. The van der Waals surface area contributed by atoms with Crippen LogP contribution in [-0.2, 0) is 0 Å². The molecule has 3 aromatic rings. The predicted molar refractivity (Wildman–Crippen MR) is 77.8 cm³/mol. The Morgan fingerprint density at radius 1 is 1.00 bits per heavy atom. The average molecular weight is 317 g/mol. The fourth-order valence-electron chi connectivity index (χ4n) is 2.00. The van der Waals surface area contributed by atoms with Gasteiger partial charge in [-0.3, -0.25) is 4.79 Å². The lowest BCUT2D eigenvalue weighted by atomic mass is 10.2. The Hall–Kier alpha value is -3.09. The van der Waals surface area contributed by atoms with Gasteiger partial charge in [-0.15, -0.1) is 0 Å². The SMILES string of the molecule is O=C(Nc1ccc(F)c(F)c1F)c1ccc(-n2cccn2)cc1. The molecule has 0 spiro atoms. The zero-order valence-corrected chi connectivity index (χ0v) is 11.6. The van der Waals surface area contributed by atoms with Gasteiger partial charge in [-0.25, -0.2) is 17.9 Å². The van der Waals surface area contributed by atoms with Gasteiger partial charge >= 0.3 is 0 Å². The smallest absolute Gasteiger partial charge is 0.255 e. The summed E-state index contributed by atoms with van der Waals surface area (Å²) in [5.41, 5.74) is 0.556. The molecule has 7 heteroatoms. The standard InChI is InChI=1S/C16H10F3N3O/c17-12-6-7-13(15(19)14(12)18)21-16(23)10-2-4-11(5-3-10)22-9-1-8-20-22/h1-9H,(H,21,23). The van der Waals surface area contributed by atoms with Crippen LogP contribution in [0.2, 0.25) is 0 Å². The first-order valence-electron chi connectivity index (χ1n) is 6.61. The Balaban J connectivity index is 1.80. The van der Waals surface area contributed by atoms with E-state index < -0.39 is 29.0 Å². The van der Waals surface area contributed by atoms with Gasteiger partial charge in [0, 0.05) is 18.0 Å². The Morgan fingerprint density at radius 2 is 1.74 bits per heavy atom. The van der Waals surface area contributed by atoms with Crippen molar-refractivity contribution >= 4 is 11.6 Å². The molecule has 1 N–H and O–H groups in total. The first-order valence-corrected chi connectivity index (χ1v) is 6.61. The van der Waals surface area contributed by atoms with E-state index in [2.05, 4.69) is 10.4 Å². The summed E-state index contributed by atoms with van der Waals surface area (Å²) >= 11 is 0. The number of amides is 1. The van der Waals surface area contributed by atoms with Crippen molar-refractivity contribution in [2.24, 2.45) is 0 Å². The minimum atomic E-state index is -1.63. The summed E-state index contributed by atoms with van der Waals surface area (Å²) in [4.78, 5) is 12.0. The van der Waals surface area contributed by atoms with E-state index in [1.807, 2.05) is 0 Å². The Bertz CT molecular complexity index is 846. The first-order chi connectivity index (χ1) is 11.1. The Labute approximate surface area is 129 Å². The van der Waals surface area contributed by atoms with Crippen molar-refractivity contribution in [3.05, 3.63) is 77.9 Å². The van der Waals surface area contributed by atoms with E-state index in [0.717, 1.165) is 17.8 Å². The quantitative estimate of drug-likeness (QED) is 0.751. The highest BCUT2D eigenvalue weighted by molar-refractivity contribution is 6.04. The average Bonchev–Trinajstić information content (AvgIpc) is 3.10. The number of carbonyl (C=O) groups excluding carboxylic acids is 1. The highest BCUT2D eigenvalue weighted by atomic mass is 19.2. The molecule has 0 radical (unpaired) electrons. The van der Waals surface area contributed by atoms with Crippen molar-refractivity contribution in [3.8, 4) is 5.69 Å². The predicted octanol–water partition coefficient (Wildman–Crippen LogP) is 3.54. The molecule has 23 heavy (non-hydrogen) atoms. The molecule has 1 aromatic heterocycles. The van der Waals surface area contributed by atoms with Crippen molar-refractivity contribution in [1.82, 2.24) is 9.78 Å². The highest BCUT2D eigenvalue weighted by Crippen LogP contribution is 2.20. The van der Waals surface area contributed by atoms with Gasteiger partial charge in [0.1, 0.15) is 0 Å². The van der Waals surface area contributed by atoms with Gasteiger partial charge in [0.2, 0.25) is 0 Å². The van der Waals surface area contributed by atoms with Crippen LogP contribution in [0.4, 0.5) is 18.9 Å². The molecule has 1 amide bonds. The maximum Gasteiger partial charge on any atom is 0.255 e. The Kier molecular flexibility index (Phi) is 3.84. The number of nitrogens with one attached hydrogen (secondary N) is 1. The molecule has 0 bridgehead atoms. The number of nitrogens with zero attached hydrogens (tertiary/aromatic N) is 2. The fourth-order valence-corrected chi connectivity index (χ4v) is 2.00. The zero-order valence-electron chi connectivity index (χ0n) is 11.6. The van der Waals surface area contributed by atoms with E-state index in [0.29, 0.717) is 0 Å². The number of benzene rings is 2. The third-order valence-corrected chi connectivity index (χ3v) is 3.18.